The minimum Gasteiger partial charge on any atom is -0.357 e. The van der Waals surface area contributed by atoms with Crippen LogP contribution < -0.4 is 10.6 Å². The number of nitrogens with zero attached hydrogens (tertiary/aromatic N) is 3. The van der Waals surface area contributed by atoms with Gasteiger partial charge in [-0.3, -0.25) is 0 Å². The molecule has 1 atom stereocenters. The lowest BCUT2D eigenvalue weighted by Gasteiger charge is -2.14. The number of aryl methyl sites for hydroxylation is 1. The van der Waals surface area contributed by atoms with Crippen molar-refractivity contribution in [3.63, 3.8) is 0 Å². The maximum absolute atomic E-state index is 4.81. The van der Waals surface area contributed by atoms with Crippen LogP contribution in [0.15, 0.2) is 35.3 Å². The number of rotatable bonds is 6. The number of hydrogen-bond donors (Lipinski definition) is 2. The van der Waals surface area contributed by atoms with Gasteiger partial charge in [0.25, 0.3) is 0 Å². The Morgan fingerprint density at radius 2 is 2.04 bits per heavy atom. The molecule has 2 heterocycles. The van der Waals surface area contributed by atoms with Gasteiger partial charge in [-0.1, -0.05) is 18.2 Å². The van der Waals surface area contributed by atoms with Crippen LogP contribution in [0.2, 0.25) is 0 Å². The van der Waals surface area contributed by atoms with Crippen LogP contribution in [0, 0.1) is 13.8 Å². The summed E-state index contributed by atoms with van der Waals surface area (Å²) in [5.41, 5.74) is 4.48. The van der Waals surface area contributed by atoms with Crippen molar-refractivity contribution in [1.29, 1.82) is 0 Å². The molecule has 1 saturated heterocycles. The summed E-state index contributed by atoms with van der Waals surface area (Å²) in [6, 6.07) is 10.3. The molecule has 5 nitrogen and oxygen atoms in total. The van der Waals surface area contributed by atoms with Crippen molar-refractivity contribution >= 4 is 41.7 Å². The summed E-state index contributed by atoms with van der Waals surface area (Å²) in [7, 11) is 0. The van der Waals surface area contributed by atoms with Crippen molar-refractivity contribution in [3.8, 4) is 5.69 Å². The van der Waals surface area contributed by atoms with Crippen molar-refractivity contribution in [1.82, 2.24) is 20.4 Å². The molecule has 148 valence electrons. The van der Waals surface area contributed by atoms with Crippen LogP contribution in [0.1, 0.15) is 36.7 Å². The largest absolute Gasteiger partial charge is 0.357 e. The summed E-state index contributed by atoms with van der Waals surface area (Å²) in [5.74, 6) is 2.18. The molecule has 1 unspecified atom stereocenters. The zero-order valence-electron chi connectivity index (χ0n) is 16.4. The van der Waals surface area contributed by atoms with E-state index in [1.807, 2.05) is 22.9 Å². The van der Waals surface area contributed by atoms with E-state index in [4.69, 9.17) is 10.1 Å². The predicted molar refractivity (Wildman–Crippen MR) is 127 cm³/mol. The molecule has 27 heavy (non-hydrogen) atoms. The number of thioether (sulfide) groups is 1. The molecule has 7 heteroatoms. The zero-order valence-corrected chi connectivity index (χ0v) is 19.5. The minimum atomic E-state index is 0. The van der Waals surface area contributed by atoms with Gasteiger partial charge in [-0.25, -0.2) is 9.67 Å². The fourth-order valence-corrected chi connectivity index (χ4v) is 4.44. The highest BCUT2D eigenvalue weighted by Crippen LogP contribution is 2.25. The average Bonchev–Trinajstić information content (AvgIpc) is 3.27. The smallest absolute Gasteiger partial charge is 0.191 e. The highest BCUT2D eigenvalue weighted by molar-refractivity contribution is 14.0. The third-order valence-corrected chi connectivity index (χ3v) is 6.10. The first kappa shape index (κ1) is 22.1. The van der Waals surface area contributed by atoms with E-state index in [2.05, 4.69) is 55.3 Å². The van der Waals surface area contributed by atoms with Crippen molar-refractivity contribution < 1.29 is 0 Å². The first-order valence-corrected chi connectivity index (χ1v) is 10.5. The van der Waals surface area contributed by atoms with Gasteiger partial charge >= 0.3 is 0 Å². The van der Waals surface area contributed by atoms with Crippen LogP contribution in [-0.4, -0.2) is 39.8 Å². The SMILES string of the molecule is CCNC(=NCc1c(C)nn(-c2ccccc2)c1C)NCC1CCCS1.I. The van der Waals surface area contributed by atoms with Crippen LogP contribution in [0.4, 0.5) is 0 Å². The van der Waals surface area contributed by atoms with E-state index in [9.17, 15) is 0 Å². The fraction of sp³-hybridized carbons (Fsp3) is 0.500. The number of hydrogen-bond acceptors (Lipinski definition) is 3. The van der Waals surface area contributed by atoms with Crippen LogP contribution >= 0.6 is 35.7 Å². The molecule has 0 bridgehead atoms. The van der Waals surface area contributed by atoms with E-state index in [0.717, 1.165) is 36.1 Å². The van der Waals surface area contributed by atoms with Gasteiger partial charge in [-0.15, -0.1) is 24.0 Å². The number of aromatic nitrogens is 2. The highest BCUT2D eigenvalue weighted by Gasteiger charge is 2.16. The Morgan fingerprint density at radius 3 is 2.70 bits per heavy atom. The van der Waals surface area contributed by atoms with E-state index in [1.165, 1.54) is 24.2 Å². The summed E-state index contributed by atoms with van der Waals surface area (Å²) in [4.78, 5) is 4.81. The van der Waals surface area contributed by atoms with E-state index in [1.54, 1.807) is 0 Å². The number of aliphatic imine (C=N–C) groups is 1. The van der Waals surface area contributed by atoms with Gasteiger partial charge in [0.1, 0.15) is 0 Å². The molecule has 2 N–H and O–H groups in total. The molecule has 1 aliphatic heterocycles. The molecular formula is C20H30IN5S. The lowest BCUT2D eigenvalue weighted by atomic mass is 10.2. The second-order valence-corrected chi connectivity index (χ2v) is 8.02. The number of nitrogens with one attached hydrogen (secondary N) is 2. The third kappa shape index (κ3) is 5.88. The summed E-state index contributed by atoms with van der Waals surface area (Å²) in [6.07, 6.45) is 2.64. The standard InChI is InChI=1S/C20H29N5S.HI/c1-4-21-20(22-13-18-11-8-12-26-18)23-14-19-15(2)24-25(16(19)3)17-9-6-5-7-10-17;/h5-7,9-10,18H,4,8,11-14H2,1-3H3,(H2,21,22,23);1H. The van der Waals surface area contributed by atoms with Crippen LogP contribution in [0.25, 0.3) is 5.69 Å². The number of para-hydroxylation sites is 1. The van der Waals surface area contributed by atoms with Crippen LogP contribution in [0.5, 0.6) is 0 Å². The molecular weight excluding hydrogens is 469 g/mol. The molecule has 0 saturated carbocycles. The molecule has 0 aliphatic carbocycles. The number of guanidine groups is 1. The molecule has 0 amide bonds. The average molecular weight is 499 g/mol. The van der Waals surface area contributed by atoms with E-state index < -0.39 is 0 Å². The molecule has 0 radical (unpaired) electrons. The normalized spacial score (nSPS) is 16.9. The van der Waals surface area contributed by atoms with Gasteiger partial charge in [-0.2, -0.15) is 16.9 Å². The zero-order chi connectivity index (χ0) is 18.4. The van der Waals surface area contributed by atoms with Gasteiger partial charge in [0.2, 0.25) is 0 Å². The van der Waals surface area contributed by atoms with Crippen LogP contribution in [-0.2, 0) is 6.54 Å². The molecule has 1 aliphatic rings. The lowest BCUT2D eigenvalue weighted by Crippen LogP contribution is -2.40. The molecule has 0 spiro atoms. The minimum absolute atomic E-state index is 0. The highest BCUT2D eigenvalue weighted by atomic mass is 127. The summed E-state index contributed by atoms with van der Waals surface area (Å²) >= 11 is 2.06. The van der Waals surface area contributed by atoms with Gasteiger partial charge < -0.3 is 10.6 Å². The maximum atomic E-state index is 4.81. The van der Waals surface area contributed by atoms with Gasteiger partial charge in [0.15, 0.2) is 5.96 Å². The summed E-state index contributed by atoms with van der Waals surface area (Å²) < 4.78 is 2.01. The Kier molecular flexibility index (Phi) is 8.95. The van der Waals surface area contributed by atoms with E-state index in [0.29, 0.717) is 11.8 Å². The predicted octanol–water partition coefficient (Wildman–Crippen LogP) is 4.06. The maximum Gasteiger partial charge on any atom is 0.191 e. The Labute approximate surface area is 183 Å². The Morgan fingerprint density at radius 1 is 1.26 bits per heavy atom. The summed E-state index contributed by atoms with van der Waals surface area (Å²) in [6.45, 7) is 8.77. The van der Waals surface area contributed by atoms with E-state index in [-0.39, 0.29) is 24.0 Å². The molecule has 3 rings (SSSR count). The number of halogens is 1. The lowest BCUT2D eigenvalue weighted by molar-refractivity contribution is 0.726. The molecule has 1 aromatic carbocycles. The van der Waals surface area contributed by atoms with Crippen molar-refractivity contribution in [3.05, 3.63) is 47.3 Å². The Hall–Kier alpha value is -1.22. The van der Waals surface area contributed by atoms with Crippen molar-refractivity contribution in [2.75, 3.05) is 18.8 Å². The fourth-order valence-electron chi connectivity index (χ4n) is 3.24. The Balaban J connectivity index is 0.00000261. The molecule has 1 aromatic heterocycles. The first-order valence-electron chi connectivity index (χ1n) is 9.43. The van der Waals surface area contributed by atoms with Crippen molar-refractivity contribution in [2.24, 2.45) is 4.99 Å². The van der Waals surface area contributed by atoms with Crippen LogP contribution in [0.3, 0.4) is 0 Å². The van der Waals surface area contributed by atoms with Gasteiger partial charge in [0.05, 0.1) is 17.9 Å². The molecule has 2 aromatic rings. The van der Waals surface area contributed by atoms with Crippen molar-refractivity contribution in [2.45, 2.75) is 45.4 Å². The first-order chi connectivity index (χ1) is 12.7. The monoisotopic (exact) mass is 499 g/mol. The topological polar surface area (TPSA) is 54.2 Å². The second kappa shape index (κ2) is 10.9. The quantitative estimate of drug-likeness (QED) is 0.358. The summed E-state index contributed by atoms with van der Waals surface area (Å²) in [5, 5.41) is 12.3. The molecule has 1 fully saturated rings. The van der Waals surface area contributed by atoms with Gasteiger partial charge in [0, 0.05) is 29.6 Å². The number of benzene rings is 1. The Bertz CT molecular complexity index is 738. The second-order valence-electron chi connectivity index (χ2n) is 6.61. The van der Waals surface area contributed by atoms with E-state index >= 15 is 0 Å². The third-order valence-electron chi connectivity index (χ3n) is 4.70. The van der Waals surface area contributed by atoms with Gasteiger partial charge in [-0.05, 0) is 51.5 Å².